The van der Waals surface area contributed by atoms with Gasteiger partial charge in [-0.05, 0) is 66.7 Å². The largest absolute Gasteiger partial charge is 0.454 e. The molecule has 0 bridgehead atoms. The summed E-state index contributed by atoms with van der Waals surface area (Å²) in [4.78, 5) is 0.240. The van der Waals surface area contributed by atoms with Crippen LogP contribution in [0.1, 0.15) is 5.56 Å². The molecular weight excluding hydrogens is 434 g/mol. The van der Waals surface area contributed by atoms with Crippen LogP contribution in [-0.4, -0.2) is 26.9 Å². The maximum absolute atomic E-state index is 13.1. The molecule has 0 atom stereocenters. The zero-order valence-electron chi connectivity index (χ0n) is 16.4. The third-order valence-electron chi connectivity index (χ3n) is 5.18. The fourth-order valence-electron chi connectivity index (χ4n) is 3.66. The molecule has 2 aliphatic heterocycles. The number of anilines is 3. The summed E-state index contributed by atoms with van der Waals surface area (Å²) in [6, 6.07) is 19.6. The van der Waals surface area contributed by atoms with Crippen molar-refractivity contribution < 1.29 is 17.9 Å². The summed E-state index contributed by atoms with van der Waals surface area (Å²) in [5.74, 6) is 1.35. The van der Waals surface area contributed by atoms with E-state index in [4.69, 9.17) is 21.7 Å². The van der Waals surface area contributed by atoms with Gasteiger partial charge in [0.05, 0.1) is 10.6 Å². The van der Waals surface area contributed by atoms with E-state index in [1.165, 1.54) is 4.31 Å². The first kappa shape index (κ1) is 19.7. The Morgan fingerprint density at radius 2 is 1.61 bits per heavy atom. The Bertz CT molecular complexity index is 1260. The predicted molar refractivity (Wildman–Crippen MR) is 124 cm³/mol. The molecule has 0 saturated carbocycles. The normalized spacial score (nSPS) is 14.3. The summed E-state index contributed by atoms with van der Waals surface area (Å²) in [5, 5.41) is 6.52. The van der Waals surface area contributed by atoms with Crippen molar-refractivity contribution in [1.82, 2.24) is 0 Å². The highest BCUT2D eigenvalue weighted by Gasteiger charge is 2.30. The Hall–Kier alpha value is -3.30. The number of thiocarbonyl (C=S) groups is 1. The monoisotopic (exact) mass is 453 g/mol. The van der Waals surface area contributed by atoms with Gasteiger partial charge in [0.1, 0.15) is 0 Å². The molecule has 31 heavy (non-hydrogen) atoms. The minimum Gasteiger partial charge on any atom is -0.454 e. The molecule has 3 aromatic carbocycles. The minimum atomic E-state index is -3.62. The molecule has 0 unspecified atom stereocenters. The topological polar surface area (TPSA) is 79.9 Å². The Labute approximate surface area is 185 Å². The van der Waals surface area contributed by atoms with Gasteiger partial charge in [-0.15, -0.1) is 0 Å². The quantitative estimate of drug-likeness (QED) is 0.579. The fourth-order valence-corrected chi connectivity index (χ4v) is 5.40. The lowest BCUT2D eigenvalue weighted by Gasteiger charge is -2.20. The van der Waals surface area contributed by atoms with E-state index in [-0.39, 0.29) is 11.7 Å². The number of benzene rings is 3. The summed E-state index contributed by atoms with van der Waals surface area (Å²) in [6.07, 6.45) is 0.717. The summed E-state index contributed by atoms with van der Waals surface area (Å²) in [6.45, 7) is 0.658. The molecule has 2 heterocycles. The summed E-state index contributed by atoms with van der Waals surface area (Å²) < 4.78 is 38.3. The molecule has 2 N–H and O–H groups in total. The lowest BCUT2D eigenvalue weighted by Crippen LogP contribution is -2.29. The van der Waals surface area contributed by atoms with Gasteiger partial charge in [0.15, 0.2) is 16.6 Å². The number of hydrogen-bond acceptors (Lipinski definition) is 5. The van der Waals surface area contributed by atoms with Crippen LogP contribution in [0.15, 0.2) is 71.6 Å². The van der Waals surface area contributed by atoms with Gasteiger partial charge in [-0.3, -0.25) is 4.31 Å². The Morgan fingerprint density at radius 3 is 2.45 bits per heavy atom. The van der Waals surface area contributed by atoms with Gasteiger partial charge in [-0.1, -0.05) is 18.2 Å². The second-order valence-corrected chi connectivity index (χ2v) is 9.40. The molecule has 0 fully saturated rings. The van der Waals surface area contributed by atoms with Crippen molar-refractivity contribution in [2.45, 2.75) is 11.3 Å². The van der Waals surface area contributed by atoms with Gasteiger partial charge in [0.2, 0.25) is 6.79 Å². The Kier molecular flexibility index (Phi) is 4.91. The van der Waals surface area contributed by atoms with Crippen LogP contribution >= 0.6 is 12.2 Å². The molecule has 0 spiro atoms. The number of para-hydroxylation sites is 1. The van der Waals surface area contributed by atoms with Crippen molar-refractivity contribution in [3.8, 4) is 11.5 Å². The number of nitrogens with one attached hydrogen (secondary N) is 2. The summed E-state index contributed by atoms with van der Waals surface area (Å²) in [5.41, 5.74) is 3.23. The molecule has 0 radical (unpaired) electrons. The highest BCUT2D eigenvalue weighted by molar-refractivity contribution is 7.92. The van der Waals surface area contributed by atoms with Gasteiger partial charge >= 0.3 is 0 Å². The van der Waals surface area contributed by atoms with Crippen molar-refractivity contribution in [1.29, 1.82) is 0 Å². The van der Waals surface area contributed by atoms with E-state index < -0.39 is 10.0 Å². The van der Waals surface area contributed by atoms with Gasteiger partial charge in [0, 0.05) is 24.0 Å². The molecule has 5 rings (SSSR count). The van der Waals surface area contributed by atoms with E-state index in [2.05, 4.69) is 10.6 Å². The minimum absolute atomic E-state index is 0.208. The van der Waals surface area contributed by atoms with Gasteiger partial charge in [-0.2, -0.15) is 0 Å². The predicted octanol–water partition coefficient (Wildman–Crippen LogP) is 3.98. The van der Waals surface area contributed by atoms with Crippen LogP contribution < -0.4 is 24.4 Å². The first-order valence-corrected chi connectivity index (χ1v) is 11.5. The maximum atomic E-state index is 13.1. The van der Waals surface area contributed by atoms with Crippen LogP contribution in [0.3, 0.4) is 0 Å². The number of hydrogen-bond donors (Lipinski definition) is 2. The first-order valence-electron chi connectivity index (χ1n) is 9.69. The number of sulfonamides is 1. The molecule has 0 amide bonds. The van der Waals surface area contributed by atoms with Crippen LogP contribution in [-0.2, 0) is 16.4 Å². The molecule has 7 nitrogen and oxygen atoms in total. The highest BCUT2D eigenvalue weighted by Crippen LogP contribution is 2.35. The summed E-state index contributed by atoms with van der Waals surface area (Å²) in [7, 11) is -3.62. The zero-order valence-corrected chi connectivity index (χ0v) is 18.0. The van der Waals surface area contributed by atoms with Crippen LogP contribution in [0.2, 0.25) is 0 Å². The van der Waals surface area contributed by atoms with Crippen molar-refractivity contribution in [2.24, 2.45) is 0 Å². The van der Waals surface area contributed by atoms with E-state index in [0.717, 1.165) is 23.4 Å². The molecular formula is C22H19N3O4S2. The standard InChI is InChI=1S/C22H19N3O4S2/c26-31(27,25-12-11-15-3-1-2-4-19(15)25)18-8-5-16(6-9-18)23-22(30)24-17-7-10-20-21(13-17)29-14-28-20/h1-10,13H,11-12,14H2,(H2,23,24,30). The third-order valence-corrected chi connectivity index (χ3v) is 7.21. The van der Waals surface area contributed by atoms with E-state index in [9.17, 15) is 8.42 Å². The first-order chi connectivity index (χ1) is 15.0. The van der Waals surface area contributed by atoms with Crippen molar-refractivity contribution in [2.75, 3.05) is 28.3 Å². The lowest BCUT2D eigenvalue weighted by molar-refractivity contribution is 0.174. The molecule has 158 valence electrons. The second kappa shape index (κ2) is 7.75. The van der Waals surface area contributed by atoms with E-state index >= 15 is 0 Å². The molecule has 0 saturated heterocycles. The number of ether oxygens (including phenoxy) is 2. The third kappa shape index (κ3) is 3.77. The maximum Gasteiger partial charge on any atom is 0.264 e. The van der Waals surface area contributed by atoms with Crippen LogP contribution in [0.5, 0.6) is 11.5 Å². The smallest absolute Gasteiger partial charge is 0.264 e. The Balaban J connectivity index is 1.27. The second-order valence-electron chi connectivity index (χ2n) is 7.13. The average Bonchev–Trinajstić information content (AvgIpc) is 3.41. The lowest BCUT2D eigenvalue weighted by atomic mass is 10.2. The van der Waals surface area contributed by atoms with Crippen LogP contribution in [0.4, 0.5) is 17.1 Å². The van der Waals surface area contributed by atoms with Crippen LogP contribution in [0, 0.1) is 0 Å². The number of fused-ring (bicyclic) bond motifs is 2. The number of rotatable bonds is 4. The van der Waals surface area contributed by atoms with Crippen molar-refractivity contribution >= 4 is 44.4 Å². The van der Waals surface area contributed by atoms with Crippen LogP contribution in [0.25, 0.3) is 0 Å². The van der Waals surface area contributed by atoms with E-state index in [1.807, 2.05) is 36.4 Å². The summed E-state index contributed by atoms with van der Waals surface area (Å²) >= 11 is 5.36. The zero-order chi connectivity index (χ0) is 21.4. The van der Waals surface area contributed by atoms with Gasteiger partial charge < -0.3 is 20.1 Å². The van der Waals surface area contributed by atoms with Crippen molar-refractivity contribution in [3.63, 3.8) is 0 Å². The Morgan fingerprint density at radius 1 is 0.903 bits per heavy atom. The highest BCUT2D eigenvalue weighted by atomic mass is 32.2. The van der Waals surface area contributed by atoms with Gasteiger partial charge in [-0.25, -0.2) is 8.42 Å². The van der Waals surface area contributed by atoms with Crippen molar-refractivity contribution in [3.05, 3.63) is 72.3 Å². The molecule has 9 heteroatoms. The van der Waals surface area contributed by atoms with E-state index in [1.54, 1.807) is 30.3 Å². The SMILES string of the molecule is O=S(=O)(c1ccc(NC(=S)Nc2ccc3c(c2)OCO3)cc1)N1CCc2ccccc21. The molecule has 0 aliphatic carbocycles. The molecule has 3 aromatic rings. The molecule has 0 aromatic heterocycles. The molecule has 2 aliphatic rings. The van der Waals surface area contributed by atoms with Gasteiger partial charge in [0.25, 0.3) is 10.0 Å². The average molecular weight is 454 g/mol. The number of nitrogens with zero attached hydrogens (tertiary/aromatic N) is 1. The fraction of sp³-hybridized carbons (Fsp3) is 0.136. The van der Waals surface area contributed by atoms with E-state index in [0.29, 0.717) is 28.8 Å².